The Bertz CT molecular complexity index is 959. The molecule has 0 bridgehead atoms. The Hall–Kier alpha value is -2.13. The van der Waals surface area contributed by atoms with Gasteiger partial charge in [-0.3, -0.25) is 9.51 Å². The third-order valence-corrected chi connectivity index (χ3v) is 7.37. The number of hydrogen-bond donors (Lipinski definition) is 1. The minimum Gasteiger partial charge on any atom is -0.733 e. The zero-order valence-electron chi connectivity index (χ0n) is 15.2. The van der Waals surface area contributed by atoms with Gasteiger partial charge >= 0.3 is 0 Å². The molecule has 2 atom stereocenters. The molecule has 2 unspecified atom stereocenters. The molecule has 8 heteroatoms. The predicted octanol–water partition coefficient (Wildman–Crippen LogP) is 2.69. The van der Waals surface area contributed by atoms with Crippen molar-refractivity contribution in [3.63, 3.8) is 0 Å². The molecular formula is C19H22N3O4S-. The number of likely N-dealkylation sites (N-methyl/N-ethyl adjacent to an activating group) is 1. The van der Waals surface area contributed by atoms with Crippen molar-refractivity contribution in [3.05, 3.63) is 58.8 Å². The van der Waals surface area contributed by atoms with Crippen molar-refractivity contribution < 1.29 is 13.6 Å². The van der Waals surface area contributed by atoms with E-state index in [2.05, 4.69) is 18.0 Å². The lowest BCUT2D eigenvalue weighted by Crippen LogP contribution is -2.47. The summed E-state index contributed by atoms with van der Waals surface area (Å²) in [6.07, 6.45) is 0.761. The van der Waals surface area contributed by atoms with Crippen molar-refractivity contribution >= 4 is 21.4 Å². The van der Waals surface area contributed by atoms with Crippen LogP contribution in [0.4, 0.5) is 11.4 Å². The Labute approximate surface area is 159 Å². The van der Waals surface area contributed by atoms with Gasteiger partial charge in [-0.2, -0.15) is 0 Å². The van der Waals surface area contributed by atoms with Crippen LogP contribution in [0.15, 0.2) is 47.4 Å². The molecule has 1 fully saturated rings. The number of aryl methyl sites for hydroxylation is 1. The fourth-order valence-corrected chi connectivity index (χ4v) is 5.95. The normalized spacial score (nSPS) is 22.4. The zero-order chi connectivity index (χ0) is 19.3. The van der Waals surface area contributed by atoms with Crippen LogP contribution in [0.5, 0.6) is 0 Å². The average Bonchev–Trinajstić information content (AvgIpc) is 2.95. The number of sulfonamides is 1. The molecule has 4 rings (SSSR count). The summed E-state index contributed by atoms with van der Waals surface area (Å²) in [5.74, 6) is 0.141. The van der Waals surface area contributed by atoms with Crippen molar-refractivity contribution in [3.8, 4) is 0 Å². The van der Waals surface area contributed by atoms with Crippen LogP contribution in [0.1, 0.15) is 23.5 Å². The van der Waals surface area contributed by atoms with Gasteiger partial charge in [0.1, 0.15) is 0 Å². The van der Waals surface area contributed by atoms with E-state index in [0.29, 0.717) is 0 Å². The van der Waals surface area contributed by atoms with Gasteiger partial charge < -0.3 is 15.3 Å². The maximum Gasteiger partial charge on any atom is 0.264 e. The molecule has 0 aromatic heterocycles. The molecule has 0 spiro atoms. The largest absolute Gasteiger partial charge is 0.733 e. The molecule has 2 heterocycles. The summed E-state index contributed by atoms with van der Waals surface area (Å²) < 4.78 is 28.5. The molecule has 1 N–H and O–H groups in total. The second kappa shape index (κ2) is 6.49. The van der Waals surface area contributed by atoms with Gasteiger partial charge in [0.25, 0.3) is 10.0 Å². The highest BCUT2D eigenvalue weighted by Gasteiger charge is 2.46. The van der Waals surface area contributed by atoms with Gasteiger partial charge in [0.15, 0.2) is 0 Å². The molecule has 2 aromatic carbocycles. The molecule has 0 amide bonds. The van der Waals surface area contributed by atoms with E-state index in [9.17, 15) is 13.6 Å². The summed E-state index contributed by atoms with van der Waals surface area (Å²) in [4.78, 5) is 2.35. The Balaban J connectivity index is 1.80. The van der Waals surface area contributed by atoms with E-state index in [1.54, 1.807) is 4.31 Å². The van der Waals surface area contributed by atoms with Crippen molar-refractivity contribution in [1.29, 1.82) is 0 Å². The van der Waals surface area contributed by atoms with Crippen LogP contribution in [0.2, 0.25) is 0 Å². The van der Waals surface area contributed by atoms with E-state index in [1.807, 2.05) is 19.1 Å². The maximum absolute atomic E-state index is 13.5. The highest BCUT2D eigenvalue weighted by molar-refractivity contribution is 7.92. The fourth-order valence-electron chi connectivity index (χ4n) is 4.21. The third-order valence-electron chi connectivity index (χ3n) is 5.51. The van der Waals surface area contributed by atoms with E-state index >= 15 is 0 Å². The van der Waals surface area contributed by atoms with E-state index in [1.165, 1.54) is 24.3 Å². The van der Waals surface area contributed by atoms with Crippen LogP contribution in [0.25, 0.3) is 0 Å². The monoisotopic (exact) mass is 388 g/mol. The van der Waals surface area contributed by atoms with E-state index < -0.39 is 10.0 Å². The number of rotatable bonds is 3. The maximum atomic E-state index is 13.5. The Morgan fingerprint density at radius 1 is 1.19 bits per heavy atom. The Kier molecular flexibility index (Phi) is 4.38. The summed E-state index contributed by atoms with van der Waals surface area (Å²) in [7, 11) is -1.72. The lowest BCUT2D eigenvalue weighted by Gasteiger charge is -2.36. The molecule has 0 aliphatic carbocycles. The zero-order valence-corrected chi connectivity index (χ0v) is 16.1. The molecule has 27 heavy (non-hydrogen) atoms. The summed E-state index contributed by atoms with van der Waals surface area (Å²) in [5, 5.41) is 19.7. The predicted molar refractivity (Wildman–Crippen MR) is 104 cm³/mol. The molecular weight excluding hydrogens is 366 g/mol. The average molecular weight is 388 g/mol. The Morgan fingerprint density at radius 2 is 1.89 bits per heavy atom. The third kappa shape index (κ3) is 2.98. The number of nitrogens with zero attached hydrogens (tertiary/aromatic N) is 3. The molecule has 7 nitrogen and oxygen atoms in total. The van der Waals surface area contributed by atoms with Crippen LogP contribution in [0.3, 0.4) is 0 Å². The number of anilines is 2. The van der Waals surface area contributed by atoms with Gasteiger partial charge in [0.05, 0.1) is 22.3 Å². The van der Waals surface area contributed by atoms with Gasteiger partial charge in [-0.05, 0) is 62.8 Å². The number of piperidine rings is 1. The summed E-state index contributed by atoms with van der Waals surface area (Å²) in [5.41, 5.74) is 2.92. The minimum absolute atomic E-state index is 0.0106. The summed E-state index contributed by atoms with van der Waals surface area (Å²) in [6.45, 7) is 3.68. The summed E-state index contributed by atoms with van der Waals surface area (Å²) >= 11 is 0. The summed E-state index contributed by atoms with van der Waals surface area (Å²) in [6, 6.07) is 11.1. The first-order valence-electron chi connectivity index (χ1n) is 8.89. The first kappa shape index (κ1) is 18.2. The van der Waals surface area contributed by atoms with Crippen LogP contribution in [-0.2, 0) is 10.0 Å². The van der Waals surface area contributed by atoms with Crippen LogP contribution >= 0.6 is 0 Å². The first-order valence-corrected chi connectivity index (χ1v) is 10.3. The second-order valence-corrected chi connectivity index (χ2v) is 9.17. The van der Waals surface area contributed by atoms with Crippen molar-refractivity contribution in [2.45, 2.75) is 30.2 Å². The molecule has 0 saturated carbocycles. The smallest absolute Gasteiger partial charge is 0.264 e. The molecule has 2 aliphatic heterocycles. The molecule has 2 aromatic rings. The topological polar surface area (TPSA) is 87.2 Å². The number of likely N-dealkylation sites (tertiary alicyclic amines) is 1. The number of benzene rings is 2. The molecule has 2 aliphatic rings. The van der Waals surface area contributed by atoms with Crippen molar-refractivity contribution in [2.75, 3.05) is 29.7 Å². The number of hydrogen-bond acceptors (Lipinski definition) is 6. The molecule has 144 valence electrons. The highest BCUT2D eigenvalue weighted by Crippen LogP contribution is 2.47. The van der Waals surface area contributed by atoms with Crippen molar-refractivity contribution in [1.82, 2.24) is 4.90 Å². The fraction of sp³-hybridized carbons (Fsp3) is 0.368. The first-order chi connectivity index (χ1) is 12.8. The lowest BCUT2D eigenvalue weighted by atomic mass is 9.89. The van der Waals surface area contributed by atoms with Crippen LogP contribution in [0, 0.1) is 12.1 Å². The Morgan fingerprint density at radius 3 is 2.56 bits per heavy atom. The van der Waals surface area contributed by atoms with Crippen LogP contribution < -0.4 is 9.53 Å². The van der Waals surface area contributed by atoms with E-state index in [-0.39, 0.29) is 27.8 Å². The number of fused-ring (bicyclic) bond motifs is 3. The van der Waals surface area contributed by atoms with Gasteiger partial charge in [-0.1, -0.05) is 17.7 Å². The lowest BCUT2D eigenvalue weighted by molar-refractivity contribution is 0.237. The quantitative estimate of drug-likeness (QED) is 0.814. The van der Waals surface area contributed by atoms with Gasteiger partial charge in [0.2, 0.25) is 0 Å². The SMILES string of the molecule is Cc1ccc2c(c1)C1CN(C)CCC1N2S(=O)(=O)c1ccc(N([O-])O)cc1. The molecule has 1 saturated heterocycles. The van der Waals surface area contributed by atoms with Gasteiger partial charge in [0, 0.05) is 12.5 Å². The van der Waals surface area contributed by atoms with Crippen molar-refractivity contribution in [2.24, 2.45) is 0 Å². The minimum atomic E-state index is -3.78. The van der Waals surface area contributed by atoms with Gasteiger partial charge in [-0.15, -0.1) is 0 Å². The van der Waals surface area contributed by atoms with E-state index in [0.717, 1.165) is 36.3 Å². The van der Waals surface area contributed by atoms with Gasteiger partial charge in [-0.25, -0.2) is 8.42 Å². The van der Waals surface area contributed by atoms with Crippen LogP contribution in [-0.4, -0.2) is 44.7 Å². The molecule has 0 radical (unpaired) electrons. The highest BCUT2D eigenvalue weighted by atomic mass is 32.2. The second-order valence-electron chi connectivity index (χ2n) is 7.35. The van der Waals surface area contributed by atoms with E-state index in [4.69, 9.17) is 5.21 Å². The standard InChI is InChI=1S/C19H22N3O4S/c1-13-3-8-18-16(11-13)17-12-20(2)10-9-19(17)21(18)27(25,26)15-6-4-14(5-7-15)22(23)24/h3-8,11,17,19,23H,9-10,12H2,1-2H3/q-1.